The van der Waals surface area contributed by atoms with Gasteiger partial charge in [0.1, 0.15) is 5.60 Å². The van der Waals surface area contributed by atoms with E-state index in [2.05, 4.69) is 0 Å². The number of likely N-dealkylation sites (tertiary alicyclic amines) is 1. The van der Waals surface area contributed by atoms with Crippen molar-refractivity contribution in [1.82, 2.24) is 9.80 Å². The molecule has 1 aliphatic heterocycles. The van der Waals surface area contributed by atoms with Crippen molar-refractivity contribution >= 4 is 21.8 Å². The maximum absolute atomic E-state index is 13.3. The molecule has 8 heteroatoms. The van der Waals surface area contributed by atoms with E-state index in [0.717, 1.165) is 6.26 Å². The van der Waals surface area contributed by atoms with Crippen molar-refractivity contribution in [2.75, 3.05) is 25.9 Å². The summed E-state index contributed by atoms with van der Waals surface area (Å²) >= 11 is 0. The lowest BCUT2D eigenvalue weighted by Crippen LogP contribution is -2.51. The maximum atomic E-state index is 13.3. The SMILES string of the molecule is CCN(C(=O)C(c1ccccc1)S(C)(=O)=O)C1CCN(C(=O)OC(C)(C)C)CC1. The van der Waals surface area contributed by atoms with E-state index in [-0.39, 0.29) is 12.1 Å². The summed E-state index contributed by atoms with van der Waals surface area (Å²) in [5.74, 6) is -0.406. The van der Waals surface area contributed by atoms with Gasteiger partial charge in [-0.2, -0.15) is 0 Å². The van der Waals surface area contributed by atoms with Crippen LogP contribution in [0.5, 0.6) is 0 Å². The van der Waals surface area contributed by atoms with Gasteiger partial charge in [0.25, 0.3) is 0 Å². The van der Waals surface area contributed by atoms with Crippen LogP contribution in [0, 0.1) is 0 Å². The van der Waals surface area contributed by atoms with Crippen molar-refractivity contribution in [2.45, 2.75) is 57.4 Å². The van der Waals surface area contributed by atoms with Crippen molar-refractivity contribution in [3.05, 3.63) is 35.9 Å². The Bertz CT molecular complexity index is 809. The third-order valence-electron chi connectivity index (χ3n) is 4.94. The fraction of sp³-hybridized carbons (Fsp3) is 0.619. The maximum Gasteiger partial charge on any atom is 0.410 e. The molecule has 1 aliphatic rings. The molecule has 1 saturated heterocycles. The minimum atomic E-state index is -3.63. The minimum Gasteiger partial charge on any atom is -0.444 e. The first kappa shape index (κ1) is 23.2. The number of ether oxygens (including phenoxy) is 1. The second-order valence-corrected chi connectivity index (χ2v) is 10.6. The zero-order valence-electron chi connectivity index (χ0n) is 17.9. The third-order valence-corrected chi connectivity index (χ3v) is 6.27. The minimum absolute atomic E-state index is 0.112. The van der Waals surface area contributed by atoms with Gasteiger partial charge in [-0.1, -0.05) is 30.3 Å². The number of hydrogen-bond donors (Lipinski definition) is 0. The number of sulfone groups is 1. The molecule has 1 heterocycles. The summed E-state index contributed by atoms with van der Waals surface area (Å²) in [6, 6.07) is 8.48. The summed E-state index contributed by atoms with van der Waals surface area (Å²) in [7, 11) is -3.63. The van der Waals surface area contributed by atoms with Gasteiger partial charge in [0.15, 0.2) is 15.1 Å². The Hall–Kier alpha value is -2.09. The summed E-state index contributed by atoms with van der Waals surface area (Å²) < 4.78 is 30.3. The Morgan fingerprint density at radius 1 is 1.17 bits per heavy atom. The number of hydrogen-bond acceptors (Lipinski definition) is 5. The van der Waals surface area contributed by atoms with Gasteiger partial charge in [-0.15, -0.1) is 0 Å². The van der Waals surface area contributed by atoms with Crippen molar-refractivity contribution in [3.63, 3.8) is 0 Å². The second-order valence-electron chi connectivity index (χ2n) is 8.44. The van der Waals surface area contributed by atoms with Gasteiger partial charge in [-0.05, 0) is 46.1 Å². The summed E-state index contributed by atoms with van der Waals surface area (Å²) in [6.07, 6.45) is 1.92. The molecule has 29 heavy (non-hydrogen) atoms. The highest BCUT2D eigenvalue weighted by Gasteiger charge is 2.38. The molecule has 1 aromatic rings. The van der Waals surface area contributed by atoms with Gasteiger partial charge >= 0.3 is 6.09 Å². The number of amides is 2. The van der Waals surface area contributed by atoms with Crippen LogP contribution in [0.1, 0.15) is 51.3 Å². The highest BCUT2D eigenvalue weighted by Crippen LogP contribution is 2.28. The molecule has 0 aromatic heterocycles. The fourth-order valence-corrected chi connectivity index (χ4v) is 4.79. The molecule has 7 nitrogen and oxygen atoms in total. The quantitative estimate of drug-likeness (QED) is 0.725. The summed E-state index contributed by atoms with van der Waals surface area (Å²) in [4.78, 5) is 28.8. The van der Waals surface area contributed by atoms with Gasteiger partial charge in [0.05, 0.1) is 0 Å². The normalized spacial score (nSPS) is 16.9. The molecular weight excluding hydrogens is 392 g/mol. The van der Waals surface area contributed by atoms with Crippen LogP contribution >= 0.6 is 0 Å². The molecule has 0 aliphatic carbocycles. The third kappa shape index (κ3) is 6.19. The van der Waals surface area contributed by atoms with E-state index < -0.39 is 26.6 Å². The molecule has 1 atom stereocenters. The predicted molar refractivity (Wildman–Crippen MR) is 112 cm³/mol. The van der Waals surface area contributed by atoms with E-state index in [1.165, 1.54) is 0 Å². The number of benzene rings is 1. The van der Waals surface area contributed by atoms with E-state index >= 15 is 0 Å². The highest BCUT2D eigenvalue weighted by molar-refractivity contribution is 7.91. The predicted octanol–water partition coefficient (Wildman–Crippen LogP) is 3.02. The zero-order chi connectivity index (χ0) is 21.8. The van der Waals surface area contributed by atoms with Crippen LogP contribution in [0.2, 0.25) is 0 Å². The standard InChI is InChI=1S/C21H32N2O5S/c1-6-23(17-12-14-22(15-13-17)20(25)28-21(2,3)4)19(24)18(29(5,26)27)16-10-8-7-9-11-16/h7-11,17-18H,6,12-15H2,1-5H3. The average molecular weight is 425 g/mol. The van der Waals surface area contributed by atoms with Crippen LogP contribution in [0.15, 0.2) is 30.3 Å². The molecule has 0 radical (unpaired) electrons. The lowest BCUT2D eigenvalue weighted by Gasteiger charge is -2.39. The van der Waals surface area contributed by atoms with Gasteiger partial charge < -0.3 is 14.5 Å². The monoisotopic (exact) mass is 424 g/mol. The number of carbonyl (C=O) groups is 2. The molecule has 0 N–H and O–H groups in total. The Balaban J connectivity index is 2.13. The van der Waals surface area contributed by atoms with E-state index in [9.17, 15) is 18.0 Å². The number of likely N-dealkylation sites (N-methyl/N-ethyl adjacent to an activating group) is 1. The number of piperidine rings is 1. The first-order chi connectivity index (χ1) is 13.4. The van der Waals surface area contributed by atoms with E-state index in [0.29, 0.717) is 38.0 Å². The molecule has 0 bridgehead atoms. The summed E-state index contributed by atoms with van der Waals surface area (Å²) in [5, 5.41) is -1.22. The van der Waals surface area contributed by atoms with E-state index in [4.69, 9.17) is 4.74 Å². The van der Waals surface area contributed by atoms with Crippen molar-refractivity contribution in [1.29, 1.82) is 0 Å². The second kappa shape index (κ2) is 9.15. The van der Waals surface area contributed by atoms with Crippen molar-refractivity contribution in [2.24, 2.45) is 0 Å². The van der Waals surface area contributed by atoms with Gasteiger partial charge in [-0.25, -0.2) is 13.2 Å². The molecule has 0 spiro atoms. The molecule has 162 valence electrons. The largest absolute Gasteiger partial charge is 0.444 e. The molecule has 1 unspecified atom stereocenters. The molecular formula is C21H32N2O5S. The molecule has 2 amide bonds. The van der Waals surface area contributed by atoms with Crippen LogP contribution in [-0.2, 0) is 19.4 Å². The summed E-state index contributed by atoms with van der Waals surface area (Å²) in [6.45, 7) is 8.67. The van der Waals surface area contributed by atoms with E-state index in [1.807, 2.05) is 27.7 Å². The Morgan fingerprint density at radius 3 is 2.17 bits per heavy atom. The van der Waals surface area contributed by atoms with Gasteiger partial charge in [-0.3, -0.25) is 4.79 Å². The van der Waals surface area contributed by atoms with E-state index in [1.54, 1.807) is 40.1 Å². The Labute approximate surface area is 173 Å². The van der Waals surface area contributed by atoms with Crippen LogP contribution in [0.4, 0.5) is 4.79 Å². The van der Waals surface area contributed by atoms with Gasteiger partial charge in [0, 0.05) is 31.9 Å². The summed E-state index contributed by atoms with van der Waals surface area (Å²) in [5.41, 5.74) is -0.0813. The highest BCUT2D eigenvalue weighted by atomic mass is 32.2. The van der Waals surface area contributed by atoms with Crippen molar-refractivity contribution < 1.29 is 22.7 Å². The first-order valence-corrected chi connectivity index (χ1v) is 11.9. The lowest BCUT2D eigenvalue weighted by atomic mass is 10.0. The lowest BCUT2D eigenvalue weighted by molar-refractivity contribution is -0.133. The zero-order valence-corrected chi connectivity index (χ0v) is 18.7. The Kier molecular flexibility index (Phi) is 7.32. The fourth-order valence-electron chi connectivity index (χ4n) is 3.63. The van der Waals surface area contributed by atoms with Gasteiger partial charge in [0.2, 0.25) is 5.91 Å². The molecule has 1 aromatic carbocycles. The number of nitrogens with zero attached hydrogens (tertiary/aromatic N) is 2. The molecule has 2 rings (SSSR count). The smallest absolute Gasteiger partial charge is 0.410 e. The number of carbonyl (C=O) groups excluding carboxylic acids is 2. The van der Waals surface area contributed by atoms with Crippen molar-refractivity contribution in [3.8, 4) is 0 Å². The van der Waals surface area contributed by atoms with Crippen LogP contribution in [0.3, 0.4) is 0 Å². The number of rotatable bonds is 5. The van der Waals surface area contributed by atoms with Crippen LogP contribution in [-0.4, -0.2) is 67.8 Å². The molecule has 1 fully saturated rings. The Morgan fingerprint density at radius 2 is 1.72 bits per heavy atom. The molecule has 0 saturated carbocycles. The average Bonchev–Trinajstić information content (AvgIpc) is 2.61. The first-order valence-electron chi connectivity index (χ1n) is 9.96. The van der Waals surface area contributed by atoms with Crippen LogP contribution < -0.4 is 0 Å². The van der Waals surface area contributed by atoms with Crippen LogP contribution in [0.25, 0.3) is 0 Å². The topological polar surface area (TPSA) is 84.0 Å².